The predicted molar refractivity (Wildman–Crippen MR) is 103 cm³/mol. The summed E-state index contributed by atoms with van der Waals surface area (Å²) in [6, 6.07) is 7.78. The second-order valence-corrected chi connectivity index (χ2v) is 7.41. The molecule has 0 aromatic heterocycles. The average Bonchev–Trinajstić information content (AvgIpc) is 2.70. The Morgan fingerprint density at radius 1 is 1.29 bits per heavy atom. The van der Waals surface area contributed by atoms with E-state index in [1.807, 2.05) is 24.3 Å². The number of aliphatic carboxylic acids is 1. The number of hydrogen-bond donors (Lipinski definition) is 2. The first-order valence-electron chi connectivity index (χ1n) is 9.75. The monoisotopic (exact) mass is 450 g/mol. The zero-order valence-electron chi connectivity index (χ0n) is 17.1. The Kier molecular flexibility index (Phi) is 8.63. The molecule has 0 aliphatic carbocycles. The van der Waals surface area contributed by atoms with E-state index in [0.717, 1.165) is 43.7 Å². The van der Waals surface area contributed by atoms with E-state index in [0.29, 0.717) is 6.54 Å². The van der Waals surface area contributed by atoms with Gasteiger partial charge >= 0.3 is 12.1 Å². The second kappa shape index (κ2) is 10.8. The molecule has 7 nitrogen and oxygen atoms in total. The summed E-state index contributed by atoms with van der Waals surface area (Å²) in [5.74, 6) is -2.04. The van der Waals surface area contributed by atoms with Gasteiger partial charge in [-0.3, -0.25) is 4.79 Å². The minimum absolute atomic E-state index is 0.0524. The van der Waals surface area contributed by atoms with Crippen molar-refractivity contribution >= 4 is 11.9 Å². The van der Waals surface area contributed by atoms with Crippen LogP contribution in [0, 0.1) is 0 Å². The van der Waals surface area contributed by atoms with Gasteiger partial charge in [-0.2, -0.15) is 13.2 Å². The van der Waals surface area contributed by atoms with Crippen LogP contribution in [0.3, 0.4) is 0 Å². The number of carboxylic acids is 1. The number of nitrogens with zero attached hydrogens (tertiary/aromatic N) is 1. The summed E-state index contributed by atoms with van der Waals surface area (Å²) >= 11 is 0. The number of fused-ring (bicyclic) bond motifs is 1. The van der Waals surface area contributed by atoms with Gasteiger partial charge in [0.25, 0.3) is 0 Å². The summed E-state index contributed by atoms with van der Waals surface area (Å²) in [4.78, 5) is 23.0. The van der Waals surface area contributed by atoms with Crippen LogP contribution in [-0.4, -0.2) is 73.7 Å². The molecule has 11 heteroatoms. The van der Waals surface area contributed by atoms with Crippen molar-refractivity contribution in [1.82, 2.24) is 10.2 Å². The lowest BCUT2D eigenvalue weighted by Gasteiger charge is -2.47. The summed E-state index contributed by atoms with van der Waals surface area (Å²) in [7, 11) is 1.51. The zero-order valence-corrected chi connectivity index (χ0v) is 17.1. The number of halogens is 4. The number of rotatable bonds is 5. The van der Waals surface area contributed by atoms with Gasteiger partial charge in [-0.15, -0.1) is 0 Å². The molecule has 1 unspecified atom stereocenters. The minimum Gasteiger partial charge on any atom is -0.487 e. The maximum atomic E-state index is 12.6. The van der Waals surface area contributed by atoms with Crippen LogP contribution < -0.4 is 10.1 Å². The Morgan fingerprint density at radius 3 is 2.45 bits per heavy atom. The van der Waals surface area contributed by atoms with Crippen LogP contribution in [0.2, 0.25) is 0 Å². The number of hydrogen-bond acceptors (Lipinski definition) is 5. The number of amides is 1. The molecule has 1 fully saturated rings. The molecular formula is C20H26F4N2O5. The molecule has 1 aromatic rings. The summed E-state index contributed by atoms with van der Waals surface area (Å²) < 4.78 is 55.6. The Morgan fingerprint density at radius 2 is 1.90 bits per heavy atom. The normalized spacial score (nSPS) is 20.1. The molecule has 0 bridgehead atoms. The maximum Gasteiger partial charge on any atom is 0.490 e. The number of alkyl halides is 4. The Labute approximate surface area is 177 Å². The molecule has 2 heterocycles. The first-order valence-corrected chi connectivity index (χ1v) is 9.75. The van der Waals surface area contributed by atoms with Crippen LogP contribution in [0.1, 0.15) is 30.9 Å². The number of para-hydroxylation sites is 1. The summed E-state index contributed by atoms with van der Waals surface area (Å²) in [6.07, 6.45) is -2.65. The highest BCUT2D eigenvalue weighted by Crippen LogP contribution is 2.44. The van der Waals surface area contributed by atoms with E-state index in [4.69, 9.17) is 19.4 Å². The summed E-state index contributed by atoms with van der Waals surface area (Å²) in [5, 5.41) is 10.2. The van der Waals surface area contributed by atoms with E-state index in [-0.39, 0.29) is 30.8 Å². The molecule has 1 amide bonds. The summed E-state index contributed by atoms with van der Waals surface area (Å²) in [6.45, 7) is 1.87. The van der Waals surface area contributed by atoms with Crippen molar-refractivity contribution in [1.29, 1.82) is 0 Å². The largest absolute Gasteiger partial charge is 0.490 e. The number of likely N-dealkylation sites (tertiary alicyclic amines) is 1. The lowest BCUT2D eigenvalue weighted by Crippen LogP contribution is -2.52. The number of benzene rings is 1. The highest BCUT2D eigenvalue weighted by Gasteiger charge is 2.43. The van der Waals surface area contributed by atoms with Gasteiger partial charge < -0.3 is 24.8 Å². The molecule has 2 N–H and O–H groups in total. The van der Waals surface area contributed by atoms with Gasteiger partial charge in [0.15, 0.2) is 0 Å². The van der Waals surface area contributed by atoms with Crippen molar-refractivity contribution in [3.8, 4) is 5.75 Å². The predicted octanol–water partition coefficient (Wildman–Crippen LogP) is 2.71. The van der Waals surface area contributed by atoms with E-state index in [9.17, 15) is 22.4 Å². The fourth-order valence-corrected chi connectivity index (χ4v) is 3.72. The van der Waals surface area contributed by atoms with E-state index in [1.54, 1.807) is 0 Å². The van der Waals surface area contributed by atoms with Crippen molar-refractivity contribution in [3.63, 3.8) is 0 Å². The molecule has 1 spiro atoms. The zero-order chi connectivity index (χ0) is 23.1. The third-order valence-electron chi connectivity index (χ3n) is 5.22. The smallest absolute Gasteiger partial charge is 0.487 e. The van der Waals surface area contributed by atoms with Crippen molar-refractivity contribution in [3.05, 3.63) is 29.8 Å². The molecule has 174 valence electrons. The Hall–Kier alpha value is -2.40. The van der Waals surface area contributed by atoms with Crippen LogP contribution >= 0.6 is 0 Å². The molecular weight excluding hydrogens is 424 g/mol. The SMILES string of the molecule is COCC(=O)NC1CC2(CCN(CCF)CC2)Oc2ccccc21.O=C(O)C(F)(F)F. The Bertz CT molecular complexity index is 751. The second-order valence-electron chi connectivity index (χ2n) is 7.41. The maximum absolute atomic E-state index is 12.6. The number of ether oxygens (including phenoxy) is 2. The lowest BCUT2D eigenvalue weighted by molar-refractivity contribution is -0.192. The summed E-state index contributed by atoms with van der Waals surface area (Å²) in [5.41, 5.74) is 0.727. The van der Waals surface area contributed by atoms with E-state index in [2.05, 4.69) is 10.2 Å². The number of piperidine rings is 1. The number of carbonyl (C=O) groups excluding carboxylic acids is 1. The first kappa shape index (κ1) is 24.9. The van der Waals surface area contributed by atoms with Crippen molar-refractivity contribution in [2.45, 2.75) is 37.1 Å². The van der Waals surface area contributed by atoms with E-state index >= 15 is 0 Å². The lowest BCUT2D eigenvalue weighted by atomic mass is 9.80. The standard InChI is InChI=1S/C18H25FN2O3.C2HF3O2/c1-23-13-17(22)20-15-12-18(6-9-21(10-7-18)11-8-19)24-16-5-3-2-4-14(15)16;3-2(4,5)1(6)7/h2-5,15H,6-13H2,1H3,(H,20,22);(H,6,7). The number of nitrogens with one attached hydrogen (secondary N) is 1. The molecule has 1 atom stereocenters. The fraction of sp³-hybridized carbons (Fsp3) is 0.600. The van der Waals surface area contributed by atoms with Crippen LogP contribution in [-0.2, 0) is 14.3 Å². The van der Waals surface area contributed by atoms with Gasteiger partial charge in [0.05, 0.1) is 6.04 Å². The molecule has 31 heavy (non-hydrogen) atoms. The highest BCUT2D eigenvalue weighted by molar-refractivity contribution is 5.78. The van der Waals surface area contributed by atoms with Crippen molar-refractivity contribution < 1.29 is 41.7 Å². The molecule has 1 aromatic carbocycles. The molecule has 3 rings (SSSR count). The number of methoxy groups -OCH3 is 1. The van der Waals surface area contributed by atoms with Crippen molar-refractivity contribution in [2.24, 2.45) is 0 Å². The number of carbonyl (C=O) groups is 2. The van der Waals surface area contributed by atoms with Gasteiger partial charge in [0.2, 0.25) is 5.91 Å². The third kappa shape index (κ3) is 7.06. The van der Waals surface area contributed by atoms with Gasteiger partial charge in [-0.25, -0.2) is 9.18 Å². The molecule has 2 aliphatic rings. The number of carboxylic acid groups (broad SMARTS) is 1. The van der Waals surface area contributed by atoms with Gasteiger partial charge in [-0.1, -0.05) is 18.2 Å². The molecule has 2 aliphatic heterocycles. The topological polar surface area (TPSA) is 88.1 Å². The highest BCUT2D eigenvalue weighted by atomic mass is 19.4. The minimum atomic E-state index is -5.08. The Balaban J connectivity index is 0.000000423. The average molecular weight is 450 g/mol. The first-order chi connectivity index (χ1) is 14.6. The van der Waals surface area contributed by atoms with Gasteiger partial charge in [0.1, 0.15) is 24.6 Å². The molecule has 1 saturated heterocycles. The van der Waals surface area contributed by atoms with Crippen LogP contribution in [0.5, 0.6) is 5.75 Å². The van der Waals surface area contributed by atoms with Crippen LogP contribution in [0.4, 0.5) is 17.6 Å². The van der Waals surface area contributed by atoms with Gasteiger partial charge in [-0.05, 0) is 18.9 Å². The quantitative estimate of drug-likeness (QED) is 0.671. The fourth-order valence-electron chi connectivity index (χ4n) is 3.72. The molecule has 0 saturated carbocycles. The van der Waals surface area contributed by atoms with Crippen LogP contribution in [0.25, 0.3) is 0 Å². The van der Waals surface area contributed by atoms with Crippen molar-refractivity contribution in [2.75, 3.05) is 40.0 Å². The van der Waals surface area contributed by atoms with Crippen LogP contribution in [0.15, 0.2) is 24.3 Å². The van der Waals surface area contributed by atoms with E-state index < -0.39 is 12.1 Å². The van der Waals surface area contributed by atoms with Gasteiger partial charge in [0, 0.05) is 38.7 Å². The molecule has 0 radical (unpaired) electrons. The van der Waals surface area contributed by atoms with E-state index in [1.165, 1.54) is 7.11 Å². The third-order valence-corrected chi connectivity index (χ3v) is 5.22.